The van der Waals surface area contributed by atoms with Crippen LogP contribution in [0.25, 0.3) is 0 Å². The average Bonchev–Trinajstić information content (AvgIpc) is 3.65. The summed E-state index contributed by atoms with van der Waals surface area (Å²) in [6.07, 6.45) is -2.07. The Kier molecular flexibility index (Phi) is 5.50. The third kappa shape index (κ3) is 3.72. The Balaban J connectivity index is 1.15. The Hall–Kier alpha value is -4.81. The number of amides is 5. The lowest BCUT2D eigenvalue weighted by atomic mass is 9.80. The molecule has 42 heavy (non-hydrogen) atoms. The van der Waals surface area contributed by atoms with E-state index in [-0.39, 0.29) is 23.0 Å². The highest BCUT2D eigenvalue weighted by molar-refractivity contribution is 6.10. The third-order valence-electron chi connectivity index (χ3n) is 8.67. The van der Waals surface area contributed by atoms with Crippen molar-refractivity contribution in [3.63, 3.8) is 0 Å². The maximum atomic E-state index is 13.5. The second-order valence-corrected chi connectivity index (χ2v) is 11.0. The molecule has 2 N–H and O–H groups in total. The molecule has 2 aromatic heterocycles. The molecule has 2 atom stereocenters. The Labute approximate surface area is 236 Å². The second kappa shape index (κ2) is 8.84. The summed E-state index contributed by atoms with van der Waals surface area (Å²) in [6, 6.07) is 12.5. The van der Waals surface area contributed by atoms with Gasteiger partial charge in [-0.3, -0.25) is 24.2 Å². The Morgan fingerprint density at radius 2 is 1.79 bits per heavy atom. The fourth-order valence-electron chi connectivity index (χ4n) is 6.86. The molecule has 1 saturated heterocycles. The lowest BCUT2D eigenvalue weighted by Crippen LogP contribution is -2.48. The van der Waals surface area contributed by atoms with Gasteiger partial charge in [0.15, 0.2) is 5.54 Å². The molecule has 0 bridgehead atoms. The van der Waals surface area contributed by atoms with Crippen molar-refractivity contribution in [2.24, 2.45) is 0 Å². The summed E-state index contributed by atoms with van der Waals surface area (Å²) < 4.78 is 40.0. The van der Waals surface area contributed by atoms with Gasteiger partial charge in [-0.1, -0.05) is 36.4 Å². The summed E-state index contributed by atoms with van der Waals surface area (Å²) in [7, 11) is 0. The number of aryl methyl sites for hydroxylation is 1. The number of anilines is 2. The zero-order valence-electron chi connectivity index (χ0n) is 22.0. The van der Waals surface area contributed by atoms with Gasteiger partial charge >= 0.3 is 12.2 Å². The third-order valence-corrected chi connectivity index (χ3v) is 8.67. The number of benzene rings is 1. The first-order valence-corrected chi connectivity index (χ1v) is 13.4. The summed E-state index contributed by atoms with van der Waals surface area (Å²) in [5, 5.41) is 5.45. The number of alkyl halides is 3. The minimum absolute atomic E-state index is 0.0656. The number of aromatic nitrogens is 2. The lowest BCUT2D eigenvalue weighted by Gasteiger charge is -2.32. The number of urea groups is 1. The van der Waals surface area contributed by atoms with Crippen LogP contribution in [0, 0.1) is 0 Å². The zero-order chi connectivity index (χ0) is 29.4. The summed E-state index contributed by atoms with van der Waals surface area (Å²) in [6.45, 7) is -2.40. The van der Waals surface area contributed by atoms with E-state index in [1.165, 1.54) is 0 Å². The average molecular weight is 577 g/mol. The molecule has 2 aliphatic heterocycles. The van der Waals surface area contributed by atoms with Crippen LogP contribution in [-0.4, -0.2) is 62.8 Å². The first-order valence-electron chi connectivity index (χ1n) is 13.4. The van der Waals surface area contributed by atoms with Gasteiger partial charge in [0.25, 0.3) is 5.91 Å². The van der Waals surface area contributed by atoms with E-state index in [2.05, 4.69) is 20.6 Å². The van der Waals surface area contributed by atoms with Crippen molar-refractivity contribution in [3.05, 3.63) is 82.7 Å². The number of rotatable bonds is 4. The first-order chi connectivity index (χ1) is 20.0. The largest absolute Gasteiger partial charge is 0.406 e. The minimum atomic E-state index is -4.80. The summed E-state index contributed by atoms with van der Waals surface area (Å²) in [5.74, 6) is -1.22. The quantitative estimate of drug-likeness (QED) is 0.460. The number of nitrogens with zero attached hydrogens (tertiary/aromatic N) is 4. The van der Waals surface area contributed by atoms with E-state index in [1.54, 1.807) is 48.7 Å². The predicted octanol–water partition coefficient (Wildman–Crippen LogP) is 3.07. The van der Waals surface area contributed by atoms with Crippen molar-refractivity contribution in [1.82, 2.24) is 19.8 Å². The van der Waals surface area contributed by atoms with Crippen LogP contribution < -0.4 is 10.6 Å². The fourth-order valence-corrected chi connectivity index (χ4v) is 6.86. The van der Waals surface area contributed by atoms with Gasteiger partial charge in [0.2, 0.25) is 11.8 Å². The number of hydrogen-bond acceptors (Lipinski definition) is 6. The van der Waals surface area contributed by atoms with Crippen LogP contribution >= 0.6 is 0 Å². The number of imide groups is 1. The molecule has 2 aliphatic carbocycles. The van der Waals surface area contributed by atoms with Crippen LogP contribution in [0.3, 0.4) is 0 Å². The highest BCUT2D eigenvalue weighted by Gasteiger charge is 2.62. The number of hydrogen-bond donors (Lipinski definition) is 2. The number of fused-ring (bicyclic) bond motifs is 5. The van der Waals surface area contributed by atoms with Crippen LogP contribution in [0.15, 0.2) is 54.7 Å². The summed E-state index contributed by atoms with van der Waals surface area (Å²) in [4.78, 5) is 62.9. The smallest absolute Gasteiger partial charge is 0.310 e. The normalized spacial score (nSPS) is 23.9. The van der Waals surface area contributed by atoms with Crippen LogP contribution in [-0.2, 0) is 44.6 Å². The maximum absolute atomic E-state index is 13.5. The molecule has 13 heteroatoms. The van der Waals surface area contributed by atoms with Crippen LogP contribution in [0.2, 0.25) is 0 Å². The second-order valence-electron chi connectivity index (χ2n) is 11.0. The molecular formula is C29H23F3N6O4. The molecule has 2 unspecified atom stereocenters. The van der Waals surface area contributed by atoms with Crippen molar-refractivity contribution < 1.29 is 32.3 Å². The number of halogens is 3. The molecule has 3 aromatic rings. The van der Waals surface area contributed by atoms with Crippen molar-refractivity contribution in [2.75, 3.05) is 23.7 Å². The first kappa shape index (κ1) is 26.1. The fraction of sp³-hybridized carbons (Fsp3) is 0.310. The molecule has 0 radical (unpaired) electrons. The molecule has 4 aliphatic rings. The molecule has 1 aromatic carbocycles. The molecule has 5 amide bonds. The van der Waals surface area contributed by atoms with Gasteiger partial charge < -0.3 is 10.6 Å². The summed E-state index contributed by atoms with van der Waals surface area (Å²) >= 11 is 0. The van der Waals surface area contributed by atoms with Crippen molar-refractivity contribution >= 4 is 35.4 Å². The van der Waals surface area contributed by atoms with E-state index in [1.807, 2.05) is 6.07 Å². The minimum Gasteiger partial charge on any atom is -0.310 e. The van der Waals surface area contributed by atoms with E-state index in [9.17, 15) is 32.3 Å². The van der Waals surface area contributed by atoms with Gasteiger partial charge in [-0.05, 0) is 48.1 Å². The Morgan fingerprint density at radius 1 is 1.00 bits per heavy atom. The van der Waals surface area contributed by atoms with Crippen LogP contribution in [0.1, 0.15) is 34.4 Å². The van der Waals surface area contributed by atoms with Crippen molar-refractivity contribution in [2.45, 2.75) is 42.8 Å². The van der Waals surface area contributed by atoms with E-state index in [0.29, 0.717) is 36.3 Å². The highest BCUT2D eigenvalue weighted by atomic mass is 19.4. The van der Waals surface area contributed by atoms with E-state index in [0.717, 1.165) is 21.6 Å². The molecule has 2 spiro atoms. The molecule has 4 heterocycles. The van der Waals surface area contributed by atoms with Crippen LogP contribution in [0.5, 0.6) is 0 Å². The SMILES string of the molecule is O=C(CN1C(=O)N(CC(F)(F)F)C(=O)C12CCc1ccccc12)Nc1ccc2c(n1)CC1(C2)C(=O)Nc2ncccc21. The number of carbonyl (C=O) groups excluding carboxylic acids is 4. The number of pyridine rings is 2. The van der Waals surface area contributed by atoms with Crippen LogP contribution in [0.4, 0.5) is 29.6 Å². The standard InChI is InChI=1S/C29H23F3N6O4/c30-29(31,32)15-37-25(41)28(10-9-16-4-1-2-5-18(16)28)38(26(37)42)14-22(39)35-21-8-7-17-12-27(13-20(17)34-21)19-6-3-11-33-23(19)36-24(27)40/h1-8,11H,9-10,12-15H2,(H,33,36,40)(H,34,35,39). The van der Waals surface area contributed by atoms with E-state index in [4.69, 9.17) is 0 Å². The van der Waals surface area contributed by atoms with E-state index < -0.39 is 48.1 Å². The number of nitrogens with one attached hydrogen (secondary N) is 2. The predicted molar refractivity (Wildman–Crippen MR) is 141 cm³/mol. The van der Waals surface area contributed by atoms with E-state index >= 15 is 0 Å². The topological polar surface area (TPSA) is 125 Å². The monoisotopic (exact) mass is 576 g/mol. The molecule has 0 saturated carbocycles. The zero-order valence-corrected chi connectivity index (χ0v) is 22.0. The molecule has 10 nitrogen and oxygen atoms in total. The van der Waals surface area contributed by atoms with Gasteiger partial charge in [-0.25, -0.2) is 14.8 Å². The summed E-state index contributed by atoms with van der Waals surface area (Å²) in [5.41, 5.74) is 0.834. The van der Waals surface area contributed by atoms with Crippen molar-refractivity contribution in [3.8, 4) is 0 Å². The van der Waals surface area contributed by atoms with Gasteiger partial charge in [-0.2, -0.15) is 13.2 Å². The Morgan fingerprint density at radius 3 is 2.60 bits per heavy atom. The van der Waals surface area contributed by atoms with Gasteiger partial charge in [0, 0.05) is 23.9 Å². The molecular weight excluding hydrogens is 553 g/mol. The number of carbonyl (C=O) groups is 4. The van der Waals surface area contributed by atoms with Gasteiger partial charge in [0.05, 0.1) is 5.41 Å². The van der Waals surface area contributed by atoms with Gasteiger partial charge in [0.1, 0.15) is 24.7 Å². The van der Waals surface area contributed by atoms with Crippen molar-refractivity contribution in [1.29, 1.82) is 0 Å². The molecule has 1 fully saturated rings. The molecule has 7 rings (SSSR count). The lowest BCUT2D eigenvalue weighted by molar-refractivity contribution is -0.155. The highest BCUT2D eigenvalue weighted by Crippen LogP contribution is 2.48. The Bertz CT molecular complexity index is 1710. The molecule has 214 valence electrons. The van der Waals surface area contributed by atoms with Gasteiger partial charge in [-0.15, -0.1) is 0 Å². The maximum Gasteiger partial charge on any atom is 0.406 e.